The van der Waals surface area contributed by atoms with Crippen molar-refractivity contribution in [2.75, 3.05) is 0 Å². The molecule has 0 spiro atoms. The van der Waals surface area contributed by atoms with Crippen molar-refractivity contribution in [1.29, 1.82) is 0 Å². The lowest BCUT2D eigenvalue weighted by Gasteiger charge is -2.23. The quantitative estimate of drug-likeness (QED) is 0.655. The van der Waals surface area contributed by atoms with Crippen LogP contribution in [0.5, 0.6) is 5.75 Å². The molecule has 6 heteroatoms. The van der Waals surface area contributed by atoms with E-state index in [1.807, 2.05) is 30.3 Å². The zero-order valence-electron chi connectivity index (χ0n) is 14.2. The first-order valence-electron chi connectivity index (χ1n) is 8.27. The molecule has 2 atom stereocenters. The molecule has 0 amide bonds. The minimum atomic E-state index is -1.35. The van der Waals surface area contributed by atoms with Gasteiger partial charge in [-0.05, 0) is 28.8 Å². The molecule has 3 rings (SSSR count). The fourth-order valence-corrected chi connectivity index (χ4v) is 3.12. The lowest BCUT2D eigenvalue weighted by Crippen LogP contribution is -2.25. The molecule has 0 fully saturated rings. The van der Waals surface area contributed by atoms with E-state index in [1.165, 1.54) is 10.8 Å². The van der Waals surface area contributed by atoms with Gasteiger partial charge >= 0.3 is 5.97 Å². The zero-order chi connectivity index (χ0) is 18.8. The van der Waals surface area contributed by atoms with Crippen LogP contribution in [0.25, 0.3) is 10.8 Å². The monoisotopic (exact) mass is 353 g/mol. The molecule has 1 heterocycles. The van der Waals surface area contributed by atoms with Crippen LogP contribution in [0.3, 0.4) is 0 Å². The number of carboxylic acid groups (broad SMARTS) is 1. The third-order valence-corrected chi connectivity index (χ3v) is 4.50. The Bertz CT molecular complexity index is 1020. The van der Waals surface area contributed by atoms with Gasteiger partial charge in [0, 0.05) is 12.3 Å². The Morgan fingerprint density at radius 3 is 2.46 bits per heavy atom. The average molecular weight is 353 g/mol. The second kappa shape index (κ2) is 7.01. The summed E-state index contributed by atoms with van der Waals surface area (Å²) in [5, 5.41) is 32.4. The summed E-state index contributed by atoms with van der Waals surface area (Å²) in [6.07, 6.45) is 0.181. The average Bonchev–Trinajstić information content (AvgIpc) is 2.64. The van der Waals surface area contributed by atoms with Crippen molar-refractivity contribution in [1.82, 2.24) is 4.57 Å². The Morgan fingerprint density at radius 2 is 1.81 bits per heavy atom. The number of nitrogens with zero attached hydrogens (tertiary/aromatic N) is 1. The highest BCUT2D eigenvalue weighted by molar-refractivity contribution is 5.83. The number of aliphatic carboxylic acids is 1. The standard InChI is InChI=1S/C20H19NO5/c1-2-15(20(25)26)21-10-9-16(22)19(24)17(21)18(23)14-8-7-12-5-3-4-6-13(12)11-14/h3-11,15,18,23-24H,2H2,1H3,(H,25,26). The number of fused-ring (bicyclic) bond motifs is 1. The van der Waals surface area contributed by atoms with Crippen LogP contribution in [0.15, 0.2) is 59.5 Å². The van der Waals surface area contributed by atoms with Gasteiger partial charge in [-0.2, -0.15) is 0 Å². The smallest absolute Gasteiger partial charge is 0.326 e. The third kappa shape index (κ3) is 3.07. The third-order valence-electron chi connectivity index (χ3n) is 4.50. The number of carbonyl (C=O) groups is 1. The molecule has 2 aromatic carbocycles. The Labute approximate surface area is 149 Å². The molecule has 134 valence electrons. The minimum Gasteiger partial charge on any atom is -0.503 e. The molecular weight excluding hydrogens is 334 g/mol. The molecule has 0 aliphatic heterocycles. The number of pyridine rings is 1. The van der Waals surface area contributed by atoms with Crippen LogP contribution in [0.1, 0.15) is 36.7 Å². The fraction of sp³-hybridized carbons (Fsp3) is 0.200. The van der Waals surface area contributed by atoms with Crippen LogP contribution in [0.2, 0.25) is 0 Å². The van der Waals surface area contributed by atoms with Crippen molar-refractivity contribution in [2.24, 2.45) is 0 Å². The number of rotatable bonds is 5. The molecule has 3 N–H and O–H groups in total. The first kappa shape index (κ1) is 17.7. The fourth-order valence-electron chi connectivity index (χ4n) is 3.12. The van der Waals surface area contributed by atoms with Gasteiger partial charge in [0.15, 0.2) is 5.75 Å². The van der Waals surface area contributed by atoms with Gasteiger partial charge in [-0.25, -0.2) is 4.79 Å². The van der Waals surface area contributed by atoms with Crippen molar-refractivity contribution >= 4 is 16.7 Å². The first-order valence-corrected chi connectivity index (χ1v) is 8.27. The second-order valence-corrected chi connectivity index (χ2v) is 6.09. The van der Waals surface area contributed by atoms with Crippen molar-refractivity contribution < 1.29 is 20.1 Å². The van der Waals surface area contributed by atoms with Crippen LogP contribution in [-0.4, -0.2) is 25.9 Å². The van der Waals surface area contributed by atoms with Gasteiger partial charge in [-0.15, -0.1) is 0 Å². The summed E-state index contributed by atoms with van der Waals surface area (Å²) < 4.78 is 1.25. The first-order chi connectivity index (χ1) is 12.4. The highest BCUT2D eigenvalue weighted by Crippen LogP contribution is 2.31. The van der Waals surface area contributed by atoms with E-state index in [4.69, 9.17) is 0 Å². The van der Waals surface area contributed by atoms with Crippen LogP contribution in [-0.2, 0) is 4.79 Å². The second-order valence-electron chi connectivity index (χ2n) is 6.09. The summed E-state index contributed by atoms with van der Waals surface area (Å²) >= 11 is 0. The number of benzene rings is 2. The van der Waals surface area contributed by atoms with Gasteiger partial charge < -0.3 is 19.9 Å². The number of aliphatic hydroxyl groups excluding tert-OH is 1. The summed E-state index contributed by atoms with van der Waals surface area (Å²) in [5.74, 6) is -1.75. The van der Waals surface area contributed by atoms with E-state index < -0.39 is 29.3 Å². The maximum absolute atomic E-state index is 11.9. The SMILES string of the molecule is CCC(C(=O)O)n1ccc(=O)c(O)c1C(O)c1ccc2ccccc2c1. The number of hydrogen-bond acceptors (Lipinski definition) is 4. The van der Waals surface area contributed by atoms with Crippen LogP contribution < -0.4 is 5.43 Å². The van der Waals surface area contributed by atoms with Gasteiger partial charge in [0.1, 0.15) is 12.1 Å². The van der Waals surface area contributed by atoms with Crippen molar-refractivity contribution in [3.63, 3.8) is 0 Å². The highest BCUT2D eigenvalue weighted by Gasteiger charge is 2.27. The van der Waals surface area contributed by atoms with Gasteiger partial charge in [0.2, 0.25) is 5.43 Å². The number of aliphatic hydroxyl groups is 1. The molecule has 0 aliphatic rings. The van der Waals surface area contributed by atoms with E-state index in [0.29, 0.717) is 5.56 Å². The molecule has 0 aliphatic carbocycles. The molecule has 1 aromatic heterocycles. The summed E-state index contributed by atoms with van der Waals surface area (Å²) in [7, 11) is 0. The lowest BCUT2D eigenvalue weighted by molar-refractivity contribution is -0.141. The Hall–Kier alpha value is -3.12. The molecule has 26 heavy (non-hydrogen) atoms. The summed E-state index contributed by atoms with van der Waals surface area (Å²) in [5.41, 5.74) is -0.336. The van der Waals surface area contributed by atoms with E-state index in [-0.39, 0.29) is 12.1 Å². The molecule has 0 saturated heterocycles. The molecular formula is C20H19NO5. The molecule has 2 unspecified atom stereocenters. The topological polar surface area (TPSA) is 99.8 Å². The molecule has 6 nitrogen and oxygen atoms in total. The van der Waals surface area contributed by atoms with Gasteiger partial charge in [-0.3, -0.25) is 4.79 Å². The van der Waals surface area contributed by atoms with Gasteiger partial charge in [-0.1, -0.05) is 43.3 Å². The summed E-state index contributed by atoms with van der Waals surface area (Å²) in [6, 6.07) is 12.9. The van der Waals surface area contributed by atoms with E-state index in [0.717, 1.165) is 16.8 Å². The molecule has 0 saturated carbocycles. The van der Waals surface area contributed by atoms with Gasteiger partial charge in [0.25, 0.3) is 0 Å². The number of carboxylic acids is 1. The van der Waals surface area contributed by atoms with E-state index >= 15 is 0 Å². The van der Waals surface area contributed by atoms with Gasteiger partial charge in [0.05, 0.1) is 5.69 Å². The van der Waals surface area contributed by atoms with Crippen LogP contribution >= 0.6 is 0 Å². The minimum absolute atomic E-state index is 0.123. The maximum Gasteiger partial charge on any atom is 0.326 e. The Kier molecular flexibility index (Phi) is 4.77. The van der Waals surface area contributed by atoms with E-state index in [1.54, 1.807) is 19.1 Å². The zero-order valence-corrected chi connectivity index (χ0v) is 14.2. The van der Waals surface area contributed by atoms with Crippen molar-refractivity contribution in [3.8, 4) is 5.75 Å². The maximum atomic E-state index is 11.9. The van der Waals surface area contributed by atoms with E-state index in [9.17, 15) is 24.9 Å². The highest BCUT2D eigenvalue weighted by atomic mass is 16.4. The van der Waals surface area contributed by atoms with Crippen LogP contribution in [0.4, 0.5) is 0 Å². The Morgan fingerprint density at radius 1 is 1.12 bits per heavy atom. The van der Waals surface area contributed by atoms with Crippen LogP contribution in [0, 0.1) is 0 Å². The summed E-state index contributed by atoms with van der Waals surface area (Å²) in [6.45, 7) is 1.68. The summed E-state index contributed by atoms with van der Waals surface area (Å²) in [4.78, 5) is 23.5. The normalized spacial score (nSPS) is 13.5. The number of hydrogen-bond donors (Lipinski definition) is 3. The molecule has 3 aromatic rings. The lowest BCUT2D eigenvalue weighted by atomic mass is 10.00. The molecule has 0 bridgehead atoms. The van der Waals surface area contributed by atoms with Crippen molar-refractivity contribution in [3.05, 3.63) is 76.2 Å². The van der Waals surface area contributed by atoms with E-state index in [2.05, 4.69) is 0 Å². The predicted octanol–water partition coefficient (Wildman–Crippen LogP) is 2.82. The Balaban J connectivity index is 2.18. The number of aromatic hydroxyl groups is 1. The predicted molar refractivity (Wildman–Crippen MR) is 97.3 cm³/mol. The van der Waals surface area contributed by atoms with Crippen molar-refractivity contribution in [2.45, 2.75) is 25.5 Å². The molecule has 0 radical (unpaired) electrons. The largest absolute Gasteiger partial charge is 0.503 e. The number of aromatic nitrogens is 1.